The van der Waals surface area contributed by atoms with Gasteiger partial charge in [-0.05, 0) is 120 Å². The summed E-state index contributed by atoms with van der Waals surface area (Å²) in [4.78, 5) is 5.09. The molecule has 7 aromatic carbocycles. The number of para-hydroxylation sites is 3. The molecular weight excluding hydrogens is 593 g/mol. The van der Waals surface area contributed by atoms with Gasteiger partial charge in [-0.25, -0.2) is 0 Å². The molecule has 2 heteroatoms. The van der Waals surface area contributed by atoms with E-state index in [4.69, 9.17) is 0 Å². The van der Waals surface area contributed by atoms with Crippen molar-refractivity contribution in [1.82, 2.24) is 0 Å². The van der Waals surface area contributed by atoms with Gasteiger partial charge in [0.15, 0.2) is 0 Å². The molecule has 0 aliphatic heterocycles. The zero-order valence-corrected chi connectivity index (χ0v) is 27.5. The molecular formula is C47H38N2. The van der Waals surface area contributed by atoms with E-state index in [-0.39, 0.29) is 5.41 Å². The molecule has 0 radical (unpaired) electrons. The Balaban J connectivity index is 1.27. The molecule has 3 aliphatic carbocycles. The van der Waals surface area contributed by atoms with Crippen molar-refractivity contribution < 1.29 is 0 Å². The van der Waals surface area contributed by atoms with Crippen LogP contribution in [0.4, 0.5) is 34.1 Å². The number of rotatable bonds is 6. The van der Waals surface area contributed by atoms with Crippen molar-refractivity contribution in [2.75, 3.05) is 9.80 Å². The standard InChI is InChI=1S/C47H38N2/c1-4-19-38(20-5-1)48(39-21-6-2-7-22-39)43-27-13-17-34-31-36-29-30-37-32-35-18-14-28-44(46(35)47(36,37)45(34)43)49(40-23-8-3-9-24-40)42-26-12-16-33-15-10-11-25-41(33)42/h1-28,36-37H,29-32H2. The Hall–Kier alpha value is -5.60. The quantitative estimate of drug-likeness (QED) is 0.180. The van der Waals surface area contributed by atoms with Crippen LogP contribution < -0.4 is 9.80 Å². The lowest BCUT2D eigenvalue weighted by Crippen LogP contribution is -2.34. The van der Waals surface area contributed by atoms with Crippen LogP contribution in [0.25, 0.3) is 10.8 Å². The van der Waals surface area contributed by atoms with E-state index in [0.717, 1.165) is 12.8 Å². The molecule has 1 fully saturated rings. The first-order valence-electron chi connectivity index (χ1n) is 17.8. The summed E-state index contributed by atoms with van der Waals surface area (Å²) in [6, 6.07) is 62.8. The average Bonchev–Trinajstić information content (AvgIpc) is 3.80. The van der Waals surface area contributed by atoms with Crippen LogP contribution in [0, 0.1) is 11.8 Å². The molecule has 0 bridgehead atoms. The van der Waals surface area contributed by atoms with Gasteiger partial charge in [0.2, 0.25) is 0 Å². The molecule has 0 heterocycles. The molecule has 0 aromatic heterocycles. The molecule has 3 aliphatic rings. The Bertz CT molecular complexity index is 2260. The minimum atomic E-state index is -0.0721. The van der Waals surface area contributed by atoms with Gasteiger partial charge >= 0.3 is 0 Å². The molecule has 0 amide bonds. The van der Waals surface area contributed by atoms with Gasteiger partial charge in [-0.1, -0.05) is 115 Å². The molecule has 3 unspecified atom stereocenters. The van der Waals surface area contributed by atoms with E-state index in [9.17, 15) is 0 Å². The van der Waals surface area contributed by atoms with Crippen molar-refractivity contribution in [2.24, 2.45) is 11.8 Å². The predicted molar refractivity (Wildman–Crippen MR) is 204 cm³/mol. The summed E-state index contributed by atoms with van der Waals surface area (Å²) in [6.45, 7) is 0. The van der Waals surface area contributed by atoms with Crippen molar-refractivity contribution in [2.45, 2.75) is 31.1 Å². The lowest BCUT2D eigenvalue weighted by molar-refractivity contribution is 0.350. The third-order valence-electron chi connectivity index (χ3n) is 11.7. The predicted octanol–water partition coefficient (Wildman–Crippen LogP) is 12.2. The minimum Gasteiger partial charge on any atom is -0.310 e. The van der Waals surface area contributed by atoms with E-state index in [1.165, 1.54) is 68.9 Å². The molecule has 3 atom stereocenters. The fraction of sp³-hybridized carbons (Fsp3) is 0.149. The maximum absolute atomic E-state index is 2.57. The van der Waals surface area contributed by atoms with Crippen LogP contribution >= 0.6 is 0 Å². The summed E-state index contributed by atoms with van der Waals surface area (Å²) < 4.78 is 0. The van der Waals surface area contributed by atoms with Gasteiger partial charge in [0.1, 0.15) is 0 Å². The van der Waals surface area contributed by atoms with Gasteiger partial charge < -0.3 is 9.80 Å². The Labute approximate surface area is 288 Å². The first-order valence-corrected chi connectivity index (χ1v) is 17.8. The normalized spacial score (nSPS) is 20.0. The van der Waals surface area contributed by atoms with Crippen LogP contribution in [0.15, 0.2) is 170 Å². The average molecular weight is 631 g/mol. The second kappa shape index (κ2) is 11.2. The Morgan fingerprint density at radius 2 is 0.816 bits per heavy atom. The zero-order valence-electron chi connectivity index (χ0n) is 27.5. The number of fused-ring (bicyclic) bond motifs is 3. The fourth-order valence-corrected chi connectivity index (χ4v) is 10.0. The molecule has 0 saturated heterocycles. The Morgan fingerprint density at radius 3 is 1.39 bits per heavy atom. The van der Waals surface area contributed by atoms with Crippen LogP contribution in [0.3, 0.4) is 0 Å². The second-order valence-corrected chi connectivity index (χ2v) is 14.0. The van der Waals surface area contributed by atoms with Crippen LogP contribution in [0.5, 0.6) is 0 Å². The number of hydrogen-bond donors (Lipinski definition) is 0. The molecule has 1 spiro atoms. The fourth-order valence-electron chi connectivity index (χ4n) is 10.0. The molecule has 1 saturated carbocycles. The molecule has 236 valence electrons. The largest absolute Gasteiger partial charge is 0.310 e. The lowest BCUT2D eigenvalue weighted by atomic mass is 9.68. The minimum absolute atomic E-state index is 0.0721. The SMILES string of the molecule is c1ccc(N(c2ccccc2)c2cccc3c2C24c5c(cccc5N(c5ccccc5)c5cccc6ccccc56)CC2CCC4C3)cc1. The molecule has 7 aromatic rings. The maximum atomic E-state index is 2.57. The van der Waals surface area contributed by atoms with Crippen LogP contribution in [0.1, 0.15) is 35.1 Å². The molecule has 10 rings (SSSR count). The third kappa shape index (κ3) is 4.20. The number of anilines is 6. The highest BCUT2D eigenvalue weighted by Gasteiger charge is 2.62. The monoisotopic (exact) mass is 630 g/mol. The first-order chi connectivity index (χ1) is 24.3. The highest BCUT2D eigenvalue weighted by atomic mass is 15.2. The first kappa shape index (κ1) is 28.4. The van der Waals surface area contributed by atoms with Crippen LogP contribution in [-0.2, 0) is 18.3 Å². The smallest absolute Gasteiger partial charge is 0.0540 e. The summed E-state index contributed by atoms with van der Waals surface area (Å²) in [5.41, 5.74) is 13.5. The van der Waals surface area contributed by atoms with E-state index in [1.54, 1.807) is 11.1 Å². The van der Waals surface area contributed by atoms with Gasteiger partial charge in [-0.3, -0.25) is 0 Å². The number of nitrogens with zero attached hydrogens (tertiary/aromatic N) is 2. The van der Waals surface area contributed by atoms with Gasteiger partial charge in [0.05, 0.1) is 17.1 Å². The third-order valence-corrected chi connectivity index (χ3v) is 11.7. The Morgan fingerprint density at radius 1 is 0.388 bits per heavy atom. The topological polar surface area (TPSA) is 6.48 Å². The van der Waals surface area contributed by atoms with Gasteiger partial charge in [0, 0.05) is 27.9 Å². The van der Waals surface area contributed by atoms with Gasteiger partial charge in [0.25, 0.3) is 0 Å². The Kier molecular flexibility index (Phi) is 6.52. The summed E-state index contributed by atoms with van der Waals surface area (Å²) in [7, 11) is 0. The molecule has 49 heavy (non-hydrogen) atoms. The zero-order chi connectivity index (χ0) is 32.4. The van der Waals surface area contributed by atoms with Crippen LogP contribution in [-0.4, -0.2) is 0 Å². The summed E-state index contributed by atoms with van der Waals surface area (Å²) in [5, 5.41) is 2.53. The van der Waals surface area contributed by atoms with Crippen molar-refractivity contribution in [1.29, 1.82) is 0 Å². The second-order valence-electron chi connectivity index (χ2n) is 14.0. The summed E-state index contributed by atoms with van der Waals surface area (Å²) in [6.07, 6.45) is 4.79. The van der Waals surface area contributed by atoms with Crippen LogP contribution in [0.2, 0.25) is 0 Å². The molecule has 2 nitrogen and oxygen atoms in total. The summed E-state index contributed by atoms with van der Waals surface area (Å²) >= 11 is 0. The van der Waals surface area contributed by atoms with E-state index in [1.807, 2.05) is 0 Å². The molecule has 0 N–H and O–H groups in total. The maximum Gasteiger partial charge on any atom is 0.0540 e. The summed E-state index contributed by atoms with van der Waals surface area (Å²) in [5.74, 6) is 1.13. The van der Waals surface area contributed by atoms with Crippen molar-refractivity contribution >= 4 is 44.9 Å². The highest BCUT2D eigenvalue weighted by molar-refractivity contribution is 6.00. The van der Waals surface area contributed by atoms with E-state index in [0.29, 0.717) is 11.8 Å². The van der Waals surface area contributed by atoms with E-state index >= 15 is 0 Å². The van der Waals surface area contributed by atoms with Crippen molar-refractivity contribution in [3.8, 4) is 0 Å². The van der Waals surface area contributed by atoms with E-state index in [2.05, 4.69) is 180 Å². The highest BCUT2D eigenvalue weighted by Crippen LogP contribution is 2.68. The van der Waals surface area contributed by atoms with Gasteiger partial charge in [-0.2, -0.15) is 0 Å². The van der Waals surface area contributed by atoms with E-state index < -0.39 is 0 Å². The lowest BCUT2D eigenvalue weighted by Gasteiger charge is -2.40. The number of benzene rings is 7. The van der Waals surface area contributed by atoms with Crippen molar-refractivity contribution in [3.63, 3.8) is 0 Å². The number of hydrogen-bond acceptors (Lipinski definition) is 2. The van der Waals surface area contributed by atoms with Gasteiger partial charge in [-0.15, -0.1) is 0 Å². The van der Waals surface area contributed by atoms with Crippen molar-refractivity contribution in [3.05, 3.63) is 192 Å².